The number of anilines is 1. The SMILES string of the molecule is CCCn1c(SCC(=O)Nc2sc3c(c2C#N)CCCC3)nnc1-c1csc2c1CCCC2. The van der Waals surface area contributed by atoms with Crippen LogP contribution in [0.15, 0.2) is 10.5 Å². The number of nitrogens with zero attached hydrogens (tertiary/aromatic N) is 4. The average molecular weight is 498 g/mol. The second-order valence-electron chi connectivity index (χ2n) is 8.58. The third-order valence-electron chi connectivity index (χ3n) is 6.33. The highest BCUT2D eigenvalue weighted by atomic mass is 32.2. The number of thioether (sulfide) groups is 1. The fraction of sp³-hybridized carbons (Fsp3) is 0.500. The third kappa shape index (κ3) is 4.48. The van der Waals surface area contributed by atoms with Crippen molar-refractivity contribution in [1.29, 1.82) is 5.26 Å². The van der Waals surface area contributed by atoms with Crippen molar-refractivity contribution in [1.82, 2.24) is 14.8 Å². The first-order valence-electron chi connectivity index (χ1n) is 11.7. The van der Waals surface area contributed by atoms with E-state index < -0.39 is 0 Å². The van der Waals surface area contributed by atoms with Gasteiger partial charge in [0.1, 0.15) is 11.1 Å². The van der Waals surface area contributed by atoms with Crippen LogP contribution in [0.25, 0.3) is 11.4 Å². The maximum atomic E-state index is 12.8. The summed E-state index contributed by atoms with van der Waals surface area (Å²) in [6, 6.07) is 2.32. The first-order chi connectivity index (χ1) is 16.2. The fourth-order valence-electron chi connectivity index (χ4n) is 4.77. The van der Waals surface area contributed by atoms with Gasteiger partial charge in [-0.3, -0.25) is 4.79 Å². The Hall–Kier alpha value is -2.15. The average Bonchev–Trinajstić information content (AvgIpc) is 3.52. The van der Waals surface area contributed by atoms with Crippen LogP contribution in [0, 0.1) is 11.3 Å². The lowest BCUT2D eigenvalue weighted by atomic mass is 9.95. The molecule has 0 radical (unpaired) electrons. The molecule has 0 spiro atoms. The van der Waals surface area contributed by atoms with Crippen molar-refractivity contribution in [3.63, 3.8) is 0 Å². The molecule has 0 unspecified atom stereocenters. The molecule has 1 amide bonds. The number of nitriles is 1. The van der Waals surface area contributed by atoms with E-state index >= 15 is 0 Å². The summed E-state index contributed by atoms with van der Waals surface area (Å²) in [5.74, 6) is 1.07. The van der Waals surface area contributed by atoms with Gasteiger partial charge in [0.15, 0.2) is 11.0 Å². The number of carbonyl (C=O) groups excluding carboxylic acids is 1. The van der Waals surface area contributed by atoms with Crippen molar-refractivity contribution in [2.24, 2.45) is 0 Å². The summed E-state index contributed by atoms with van der Waals surface area (Å²) in [6.45, 7) is 2.98. The van der Waals surface area contributed by atoms with E-state index in [2.05, 4.69) is 38.5 Å². The van der Waals surface area contributed by atoms with Crippen LogP contribution in [-0.2, 0) is 37.0 Å². The number of carbonyl (C=O) groups is 1. The van der Waals surface area contributed by atoms with E-state index in [4.69, 9.17) is 0 Å². The number of aryl methyl sites for hydroxylation is 2. The molecule has 172 valence electrons. The third-order valence-corrected chi connectivity index (χ3v) is 9.60. The number of rotatable bonds is 7. The highest BCUT2D eigenvalue weighted by molar-refractivity contribution is 7.99. The van der Waals surface area contributed by atoms with E-state index in [1.165, 1.54) is 51.9 Å². The van der Waals surface area contributed by atoms with Gasteiger partial charge in [0.05, 0.1) is 11.3 Å². The van der Waals surface area contributed by atoms with E-state index in [0.29, 0.717) is 10.6 Å². The number of hydrogen-bond acceptors (Lipinski definition) is 7. The first kappa shape index (κ1) is 22.6. The maximum Gasteiger partial charge on any atom is 0.235 e. The quantitative estimate of drug-likeness (QED) is 0.415. The molecule has 33 heavy (non-hydrogen) atoms. The Labute approximate surface area is 206 Å². The highest BCUT2D eigenvalue weighted by Crippen LogP contribution is 2.39. The van der Waals surface area contributed by atoms with Crippen LogP contribution < -0.4 is 5.32 Å². The van der Waals surface area contributed by atoms with Crippen LogP contribution in [0.1, 0.15) is 65.5 Å². The van der Waals surface area contributed by atoms with E-state index in [1.807, 2.05) is 11.3 Å². The van der Waals surface area contributed by atoms with Crippen molar-refractivity contribution in [2.45, 2.75) is 76.4 Å². The number of thiophene rings is 2. The molecule has 3 aromatic rings. The number of nitrogens with one attached hydrogen (secondary N) is 1. The Bertz CT molecular complexity index is 1220. The fourth-order valence-corrected chi connectivity index (χ4v) is 7.91. The van der Waals surface area contributed by atoms with Gasteiger partial charge >= 0.3 is 0 Å². The smallest absolute Gasteiger partial charge is 0.235 e. The molecule has 0 saturated carbocycles. The molecule has 2 aliphatic rings. The van der Waals surface area contributed by atoms with Gasteiger partial charge in [-0.2, -0.15) is 5.26 Å². The Balaban J connectivity index is 1.31. The van der Waals surface area contributed by atoms with E-state index in [1.54, 1.807) is 11.3 Å². The van der Waals surface area contributed by atoms with Gasteiger partial charge in [-0.15, -0.1) is 32.9 Å². The standard InChI is InChI=1S/C24H27N5OS3/c1-2-11-29-22(18-13-31-19-9-5-3-8-16(18)19)27-28-24(29)32-14-21(30)26-23-17(12-25)15-7-4-6-10-20(15)33-23/h13H,2-11,14H2,1H3,(H,26,30). The predicted molar refractivity (Wildman–Crippen MR) is 135 cm³/mol. The zero-order chi connectivity index (χ0) is 22.8. The number of hydrogen-bond donors (Lipinski definition) is 1. The second kappa shape index (κ2) is 10.00. The van der Waals surface area contributed by atoms with Crippen LogP contribution in [0.5, 0.6) is 0 Å². The molecular weight excluding hydrogens is 470 g/mol. The van der Waals surface area contributed by atoms with Crippen LogP contribution >= 0.6 is 34.4 Å². The number of fused-ring (bicyclic) bond motifs is 2. The van der Waals surface area contributed by atoms with Gasteiger partial charge in [0, 0.05) is 27.2 Å². The maximum absolute atomic E-state index is 12.8. The highest BCUT2D eigenvalue weighted by Gasteiger charge is 2.24. The minimum Gasteiger partial charge on any atom is -0.316 e. The van der Waals surface area contributed by atoms with Gasteiger partial charge in [-0.05, 0) is 68.9 Å². The summed E-state index contributed by atoms with van der Waals surface area (Å²) in [5.41, 5.74) is 4.46. The summed E-state index contributed by atoms with van der Waals surface area (Å²) in [5, 5.41) is 25.4. The first-order valence-corrected chi connectivity index (χ1v) is 14.4. The molecule has 5 rings (SSSR count). The summed E-state index contributed by atoms with van der Waals surface area (Å²) >= 11 is 4.83. The van der Waals surface area contributed by atoms with Crippen LogP contribution in [0.4, 0.5) is 5.00 Å². The Kier molecular flexibility index (Phi) is 6.86. The Morgan fingerprint density at radius 1 is 1.15 bits per heavy atom. The summed E-state index contributed by atoms with van der Waals surface area (Å²) in [6.07, 6.45) is 9.98. The minimum absolute atomic E-state index is 0.101. The molecule has 3 heterocycles. The summed E-state index contributed by atoms with van der Waals surface area (Å²) in [7, 11) is 0. The predicted octanol–water partition coefficient (Wildman–Crippen LogP) is 5.84. The van der Waals surface area contributed by atoms with E-state index in [0.717, 1.165) is 61.6 Å². The minimum atomic E-state index is -0.101. The van der Waals surface area contributed by atoms with Crippen LogP contribution in [-0.4, -0.2) is 26.4 Å². The van der Waals surface area contributed by atoms with Crippen molar-refractivity contribution < 1.29 is 4.79 Å². The lowest BCUT2D eigenvalue weighted by Gasteiger charge is -2.13. The van der Waals surface area contributed by atoms with Gasteiger partial charge in [0.25, 0.3) is 0 Å². The van der Waals surface area contributed by atoms with E-state index in [-0.39, 0.29) is 11.7 Å². The monoisotopic (exact) mass is 497 g/mol. The molecule has 1 N–H and O–H groups in total. The van der Waals surface area contributed by atoms with Gasteiger partial charge in [-0.25, -0.2) is 0 Å². The van der Waals surface area contributed by atoms with Gasteiger partial charge in [-0.1, -0.05) is 18.7 Å². The molecule has 0 atom stereocenters. The second-order valence-corrected chi connectivity index (χ2v) is 11.6. The number of aromatic nitrogens is 3. The van der Waals surface area contributed by atoms with Crippen molar-refractivity contribution in [3.05, 3.63) is 31.8 Å². The lowest BCUT2D eigenvalue weighted by molar-refractivity contribution is -0.113. The molecule has 0 saturated heterocycles. The van der Waals surface area contributed by atoms with E-state index in [9.17, 15) is 10.1 Å². The zero-order valence-corrected chi connectivity index (χ0v) is 21.2. The number of amides is 1. The van der Waals surface area contributed by atoms with Crippen LogP contribution in [0.3, 0.4) is 0 Å². The summed E-state index contributed by atoms with van der Waals surface area (Å²) < 4.78 is 2.17. The Morgan fingerprint density at radius 2 is 1.91 bits per heavy atom. The molecule has 0 aromatic carbocycles. The molecule has 6 nitrogen and oxygen atoms in total. The molecule has 3 aromatic heterocycles. The lowest BCUT2D eigenvalue weighted by Crippen LogP contribution is -2.15. The van der Waals surface area contributed by atoms with Crippen molar-refractivity contribution in [3.8, 4) is 17.5 Å². The van der Waals surface area contributed by atoms with Crippen molar-refractivity contribution >= 4 is 45.3 Å². The molecule has 0 bridgehead atoms. The summed E-state index contributed by atoms with van der Waals surface area (Å²) in [4.78, 5) is 15.5. The Morgan fingerprint density at radius 3 is 2.70 bits per heavy atom. The molecule has 0 fully saturated rings. The van der Waals surface area contributed by atoms with Gasteiger partial charge in [0.2, 0.25) is 5.91 Å². The molecule has 9 heteroatoms. The largest absolute Gasteiger partial charge is 0.316 e. The van der Waals surface area contributed by atoms with Gasteiger partial charge < -0.3 is 9.88 Å². The molecule has 0 aliphatic heterocycles. The molecule has 2 aliphatic carbocycles. The topological polar surface area (TPSA) is 83.6 Å². The van der Waals surface area contributed by atoms with Crippen molar-refractivity contribution in [2.75, 3.05) is 11.1 Å². The van der Waals surface area contributed by atoms with Crippen LogP contribution in [0.2, 0.25) is 0 Å². The normalized spacial score (nSPS) is 15.0. The molecular formula is C24H27N5OS3. The zero-order valence-electron chi connectivity index (χ0n) is 18.8.